The molecule has 18 heavy (non-hydrogen) atoms. The van der Waals surface area contributed by atoms with Gasteiger partial charge in [0.25, 0.3) is 0 Å². The molecule has 0 aromatic carbocycles. The summed E-state index contributed by atoms with van der Waals surface area (Å²) >= 11 is 0. The first kappa shape index (κ1) is 14.7. The molecule has 1 aliphatic rings. The van der Waals surface area contributed by atoms with Crippen LogP contribution in [-0.2, 0) is 4.79 Å². The van der Waals surface area contributed by atoms with Crippen LogP contribution in [-0.4, -0.2) is 60.5 Å². The minimum absolute atomic E-state index is 0. The third-order valence-corrected chi connectivity index (χ3v) is 2.80. The van der Waals surface area contributed by atoms with Gasteiger partial charge >= 0.3 is 0 Å². The predicted molar refractivity (Wildman–Crippen MR) is 72.0 cm³/mol. The summed E-state index contributed by atoms with van der Waals surface area (Å²) in [7, 11) is 1.78. The average Bonchev–Trinajstić information content (AvgIpc) is 2.40. The highest BCUT2D eigenvalue weighted by molar-refractivity contribution is 5.85. The molecule has 1 N–H and O–H groups in total. The number of likely N-dealkylation sites (N-methyl/N-ethyl adjacent to an activating group) is 1. The number of nitrogens with one attached hydrogen (secondary N) is 1. The maximum absolute atomic E-state index is 11.7. The lowest BCUT2D eigenvalue weighted by Gasteiger charge is -2.34. The standard InChI is InChI=1S/C11H17N5O.ClH/c1-12-9-10(17)15-5-7-16(8-6-15)11-13-3-2-4-14-11;/h2-4,12H,5-9H2,1H3;1H. The van der Waals surface area contributed by atoms with Gasteiger partial charge < -0.3 is 15.1 Å². The van der Waals surface area contributed by atoms with Crippen LogP contribution in [0.1, 0.15) is 0 Å². The zero-order chi connectivity index (χ0) is 12.1. The third-order valence-electron chi connectivity index (χ3n) is 2.80. The summed E-state index contributed by atoms with van der Waals surface area (Å²) in [6.07, 6.45) is 3.47. The minimum atomic E-state index is 0. The molecule has 0 atom stereocenters. The Kier molecular flexibility index (Phi) is 5.80. The SMILES string of the molecule is CNCC(=O)N1CCN(c2ncccn2)CC1.Cl. The van der Waals surface area contributed by atoms with Crippen molar-refractivity contribution in [1.29, 1.82) is 0 Å². The van der Waals surface area contributed by atoms with Crippen LogP contribution in [0.3, 0.4) is 0 Å². The Labute approximate surface area is 113 Å². The monoisotopic (exact) mass is 271 g/mol. The smallest absolute Gasteiger partial charge is 0.236 e. The molecule has 7 heteroatoms. The van der Waals surface area contributed by atoms with E-state index in [-0.39, 0.29) is 18.3 Å². The van der Waals surface area contributed by atoms with E-state index < -0.39 is 0 Å². The minimum Gasteiger partial charge on any atom is -0.338 e. The number of halogens is 1. The molecule has 2 rings (SSSR count). The van der Waals surface area contributed by atoms with Gasteiger partial charge in [-0.05, 0) is 13.1 Å². The van der Waals surface area contributed by atoms with Gasteiger partial charge in [0.1, 0.15) is 0 Å². The second-order valence-corrected chi connectivity index (χ2v) is 3.95. The van der Waals surface area contributed by atoms with E-state index in [9.17, 15) is 4.79 Å². The van der Waals surface area contributed by atoms with Gasteiger partial charge in [-0.1, -0.05) is 0 Å². The van der Waals surface area contributed by atoms with Crippen LogP contribution in [0.5, 0.6) is 0 Å². The number of hydrogen-bond donors (Lipinski definition) is 1. The van der Waals surface area contributed by atoms with Gasteiger partial charge in [0.05, 0.1) is 6.54 Å². The maximum Gasteiger partial charge on any atom is 0.236 e. The van der Waals surface area contributed by atoms with Crippen molar-refractivity contribution < 1.29 is 4.79 Å². The second kappa shape index (κ2) is 7.13. The molecular formula is C11H18ClN5O. The molecule has 2 heterocycles. The van der Waals surface area contributed by atoms with E-state index in [2.05, 4.69) is 20.2 Å². The lowest BCUT2D eigenvalue weighted by Crippen LogP contribution is -2.51. The molecule has 100 valence electrons. The highest BCUT2D eigenvalue weighted by Gasteiger charge is 2.21. The quantitative estimate of drug-likeness (QED) is 0.823. The fourth-order valence-electron chi connectivity index (χ4n) is 1.87. The molecule has 0 aliphatic carbocycles. The first-order chi connectivity index (χ1) is 8.31. The van der Waals surface area contributed by atoms with Crippen molar-refractivity contribution in [3.8, 4) is 0 Å². The number of rotatable bonds is 3. The molecule has 1 aliphatic heterocycles. The Morgan fingerprint density at radius 3 is 2.44 bits per heavy atom. The summed E-state index contributed by atoms with van der Waals surface area (Å²) in [5, 5.41) is 2.88. The molecule has 0 unspecified atom stereocenters. The summed E-state index contributed by atoms with van der Waals surface area (Å²) in [5.74, 6) is 0.898. The number of carbonyl (C=O) groups is 1. The molecule has 1 amide bonds. The Bertz CT molecular complexity index is 367. The fraction of sp³-hybridized carbons (Fsp3) is 0.545. The molecule has 1 fully saturated rings. The molecule has 0 bridgehead atoms. The summed E-state index contributed by atoms with van der Waals surface area (Å²) < 4.78 is 0. The van der Waals surface area contributed by atoms with Crippen LogP contribution in [0.15, 0.2) is 18.5 Å². The summed E-state index contributed by atoms with van der Waals surface area (Å²) in [6.45, 7) is 3.46. The second-order valence-electron chi connectivity index (χ2n) is 3.95. The van der Waals surface area contributed by atoms with Gasteiger partial charge in [0, 0.05) is 38.6 Å². The van der Waals surface area contributed by atoms with E-state index in [1.807, 2.05) is 4.90 Å². The largest absolute Gasteiger partial charge is 0.338 e. The first-order valence-electron chi connectivity index (χ1n) is 5.75. The molecular weight excluding hydrogens is 254 g/mol. The first-order valence-corrected chi connectivity index (χ1v) is 5.75. The van der Waals surface area contributed by atoms with Crippen LogP contribution in [0.4, 0.5) is 5.95 Å². The van der Waals surface area contributed by atoms with Gasteiger partial charge in [-0.25, -0.2) is 9.97 Å². The van der Waals surface area contributed by atoms with Crippen LogP contribution >= 0.6 is 12.4 Å². The number of anilines is 1. The molecule has 0 radical (unpaired) electrons. The average molecular weight is 272 g/mol. The van der Waals surface area contributed by atoms with E-state index in [1.165, 1.54) is 0 Å². The van der Waals surface area contributed by atoms with Crippen molar-refractivity contribution in [3.63, 3.8) is 0 Å². The van der Waals surface area contributed by atoms with E-state index in [0.717, 1.165) is 32.1 Å². The number of carbonyl (C=O) groups excluding carboxylic acids is 1. The maximum atomic E-state index is 11.7. The fourth-order valence-corrected chi connectivity index (χ4v) is 1.87. The molecule has 6 nitrogen and oxygen atoms in total. The number of piperazine rings is 1. The summed E-state index contributed by atoms with van der Waals surface area (Å²) in [6, 6.07) is 1.80. The molecule has 0 saturated carbocycles. The highest BCUT2D eigenvalue weighted by Crippen LogP contribution is 2.09. The van der Waals surface area contributed by atoms with Crippen LogP contribution < -0.4 is 10.2 Å². The van der Waals surface area contributed by atoms with Crippen LogP contribution in [0, 0.1) is 0 Å². The zero-order valence-electron chi connectivity index (χ0n) is 10.4. The van der Waals surface area contributed by atoms with Crippen molar-refractivity contribution in [2.24, 2.45) is 0 Å². The van der Waals surface area contributed by atoms with Gasteiger partial charge in [-0.15, -0.1) is 12.4 Å². The Morgan fingerprint density at radius 2 is 1.89 bits per heavy atom. The predicted octanol–water partition coefficient (Wildman–Crippen LogP) is -0.234. The Balaban J connectivity index is 0.00000162. The van der Waals surface area contributed by atoms with E-state index in [1.54, 1.807) is 25.5 Å². The van der Waals surface area contributed by atoms with Gasteiger partial charge in [-0.3, -0.25) is 4.79 Å². The molecule has 0 spiro atoms. The number of nitrogens with zero attached hydrogens (tertiary/aromatic N) is 4. The number of amides is 1. The zero-order valence-corrected chi connectivity index (χ0v) is 11.2. The Morgan fingerprint density at radius 1 is 1.28 bits per heavy atom. The van der Waals surface area contributed by atoms with Crippen LogP contribution in [0.2, 0.25) is 0 Å². The number of aromatic nitrogens is 2. The van der Waals surface area contributed by atoms with Crippen molar-refractivity contribution in [1.82, 2.24) is 20.2 Å². The lowest BCUT2D eigenvalue weighted by molar-refractivity contribution is -0.130. The van der Waals surface area contributed by atoms with Crippen molar-refractivity contribution in [2.45, 2.75) is 0 Å². The van der Waals surface area contributed by atoms with E-state index >= 15 is 0 Å². The molecule has 1 aromatic rings. The van der Waals surface area contributed by atoms with E-state index in [4.69, 9.17) is 0 Å². The third kappa shape index (κ3) is 3.54. The van der Waals surface area contributed by atoms with Gasteiger partial charge in [-0.2, -0.15) is 0 Å². The van der Waals surface area contributed by atoms with Crippen molar-refractivity contribution in [3.05, 3.63) is 18.5 Å². The van der Waals surface area contributed by atoms with Crippen LogP contribution in [0.25, 0.3) is 0 Å². The summed E-state index contributed by atoms with van der Waals surface area (Å²) in [4.78, 5) is 24.0. The normalized spacial score (nSPS) is 15.2. The van der Waals surface area contributed by atoms with Crippen molar-refractivity contribution in [2.75, 3.05) is 44.7 Å². The summed E-state index contributed by atoms with van der Waals surface area (Å²) in [5.41, 5.74) is 0. The molecule has 1 saturated heterocycles. The lowest BCUT2D eigenvalue weighted by atomic mass is 10.3. The molecule has 1 aromatic heterocycles. The van der Waals surface area contributed by atoms with Gasteiger partial charge in [0.2, 0.25) is 11.9 Å². The van der Waals surface area contributed by atoms with E-state index in [0.29, 0.717) is 6.54 Å². The Hall–Kier alpha value is -1.40. The van der Waals surface area contributed by atoms with Gasteiger partial charge in [0.15, 0.2) is 0 Å². The highest BCUT2D eigenvalue weighted by atomic mass is 35.5. The number of hydrogen-bond acceptors (Lipinski definition) is 5. The topological polar surface area (TPSA) is 61.4 Å². The van der Waals surface area contributed by atoms with Crippen molar-refractivity contribution >= 4 is 24.3 Å².